The van der Waals surface area contributed by atoms with Crippen molar-refractivity contribution in [3.63, 3.8) is 0 Å². The normalized spacial score (nSPS) is 21.4. The van der Waals surface area contributed by atoms with Crippen LogP contribution in [0.25, 0.3) is 0 Å². The first-order valence-corrected chi connectivity index (χ1v) is 9.92. The van der Waals surface area contributed by atoms with Crippen molar-refractivity contribution in [3.05, 3.63) is 47.7 Å². The van der Waals surface area contributed by atoms with Crippen molar-refractivity contribution < 1.29 is 9.53 Å². The van der Waals surface area contributed by atoms with Crippen molar-refractivity contribution in [1.29, 1.82) is 5.26 Å². The summed E-state index contributed by atoms with van der Waals surface area (Å²) in [5.74, 6) is 1.07. The molecular weight excluding hydrogens is 422 g/mol. The van der Waals surface area contributed by atoms with Crippen LogP contribution in [0.5, 0.6) is 11.6 Å². The Labute approximate surface area is 172 Å². The number of benzene rings is 1. The number of nitriles is 1. The van der Waals surface area contributed by atoms with Crippen LogP contribution >= 0.6 is 15.9 Å². The fourth-order valence-corrected chi connectivity index (χ4v) is 4.13. The minimum absolute atomic E-state index is 0.0102. The molecule has 146 valence electrons. The number of rotatable bonds is 5. The first kappa shape index (κ1) is 20.3. The van der Waals surface area contributed by atoms with Crippen molar-refractivity contribution in [3.8, 4) is 17.7 Å². The molecule has 3 atom stereocenters. The Kier molecular flexibility index (Phi) is 6.29. The van der Waals surface area contributed by atoms with E-state index in [9.17, 15) is 4.79 Å². The number of ether oxygens (including phenoxy) is 1. The van der Waals surface area contributed by atoms with Crippen LogP contribution in [0, 0.1) is 24.2 Å². The second-order valence-corrected chi connectivity index (χ2v) is 8.07. The maximum Gasteiger partial charge on any atom is 0.244 e. The standard InChI is InChI=1S/C20H22BrN5O2/c1-11(2)17-16(21)18(26-25-17)19(27)24-15-7-6-14(9-12(15)3)28-20-13(10-22)5-4-8-23-20/h4-9,11,16-18,25-26H,1-3H3,(H,24,27). The molecule has 2 aromatic rings. The second kappa shape index (κ2) is 8.69. The van der Waals surface area contributed by atoms with E-state index in [2.05, 4.69) is 57.0 Å². The third kappa shape index (κ3) is 4.33. The number of carbonyl (C=O) groups is 1. The Morgan fingerprint density at radius 1 is 1.36 bits per heavy atom. The van der Waals surface area contributed by atoms with Gasteiger partial charge in [0.1, 0.15) is 23.4 Å². The van der Waals surface area contributed by atoms with Crippen LogP contribution < -0.4 is 20.9 Å². The van der Waals surface area contributed by atoms with Crippen LogP contribution in [0.4, 0.5) is 5.69 Å². The Balaban J connectivity index is 1.69. The predicted molar refractivity (Wildman–Crippen MR) is 110 cm³/mol. The minimum atomic E-state index is -0.380. The van der Waals surface area contributed by atoms with Gasteiger partial charge in [0.05, 0.1) is 4.83 Å². The number of nitrogens with one attached hydrogen (secondary N) is 3. The number of halogens is 1. The average Bonchev–Trinajstić information content (AvgIpc) is 3.06. The lowest BCUT2D eigenvalue weighted by molar-refractivity contribution is -0.117. The number of hydrogen-bond donors (Lipinski definition) is 3. The number of carbonyl (C=O) groups excluding carboxylic acids is 1. The quantitative estimate of drug-likeness (QED) is 0.613. The molecule has 1 aromatic heterocycles. The second-order valence-electron chi connectivity index (χ2n) is 7.02. The zero-order valence-corrected chi connectivity index (χ0v) is 17.4. The Morgan fingerprint density at radius 2 is 2.14 bits per heavy atom. The summed E-state index contributed by atoms with van der Waals surface area (Å²) >= 11 is 3.63. The van der Waals surface area contributed by atoms with Crippen LogP contribution in [0.2, 0.25) is 0 Å². The van der Waals surface area contributed by atoms with Gasteiger partial charge in [-0.1, -0.05) is 29.8 Å². The number of aromatic nitrogens is 1. The summed E-state index contributed by atoms with van der Waals surface area (Å²) in [4.78, 5) is 16.8. The monoisotopic (exact) mass is 443 g/mol. The molecule has 1 amide bonds. The molecule has 0 saturated carbocycles. The number of alkyl halides is 1. The van der Waals surface area contributed by atoms with Gasteiger partial charge in [-0.3, -0.25) is 10.2 Å². The molecule has 1 aliphatic rings. The molecule has 1 fully saturated rings. The summed E-state index contributed by atoms with van der Waals surface area (Å²) in [6.45, 7) is 6.10. The molecule has 3 N–H and O–H groups in total. The molecule has 28 heavy (non-hydrogen) atoms. The topological polar surface area (TPSA) is 99.1 Å². The summed E-state index contributed by atoms with van der Waals surface area (Å²) in [6, 6.07) is 10.5. The zero-order chi connectivity index (χ0) is 20.3. The summed E-state index contributed by atoms with van der Waals surface area (Å²) in [7, 11) is 0. The van der Waals surface area contributed by atoms with Crippen molar-refractivity contribution in [2.75, 3.05) is 5.32 Å². The molecule has 3 unspecified atom stereocenters. The van der Waals surface area contributed by atoms with E-state index < -0.39 is 0 Å². The highest BCUT2D eigenvalue weighted by Crippen LogP contribution is 2.28. The van der Waals surface area contributed by atoms with E-state index in [4.69, 9.17) is 10.00 Å². The SMILES string of the molecule is Cc1cc(Oc2ncccc2C#N)ccc1NC(=O)C1NNC(C(C)C)C1Br. The van der Waals surface area contributed by atoms with E-state index in [1.807, 2.05) is 6.92 Å². The predicted octanol–water partition coefficient (Wildman–Crippen LogP) is 3.26. The van der Waals surface area contributed by atoms with E-state index in [0.717, 1.165) is 5.56 Å². The van der Waals surface area contributed by atoms with Crippen LogP contribution in [-0.4, -0.2) is 27.8 Å². The van der Waals surface area contributed by atoms with Gasteiger partial charge in [0.25, 0.3) is 0 Å². The molecule has 0 spiro atoms. The van der Waals surface area contributed by atoms with Crippen molar-refractivity contribution >= 4 is 27.5 Å². The Morgan fingerprint density at radius 3 is 2.79 bits per heavy atom. The summed E-state index contributed by atoms with van der Waals surface area (Å²) in [5.41, 5.74) is 8.14. The maximum atomic E-state index is 12.7. The summed E-state index contributed by atoms with van der Waals surface area (Å²) < 4.78 is 5.72. The average molecular weight is 444 g/mol. The lowest BCUT2D eigenvalue weighted by Crippen LogP contribution is -2.42. The van der Waals surface area contributed by atoms with Crippen LogP contribution in [0.3, 0.4) is 0 Å². The number of anilines is 1. The minimum Gasteiger partial charge on any atom is -0.438 e. The van der Waals surface area contributed by atoms with E-state index >= 15 is 0 Å². The van der Waals surface area contributed by atoms with Gasteiger partial charge in [0, 0.05) is 17.9 Å². The molecule has 0 aliphatic carbocycles. The number of hydrogen-bond acceptors (Lipinski definition) is 6. The fraction of sp³-hybridized carbons (Fsp3) is 0.350. The van der Waals surface area contributed by atoms with Crippen molar-refractivity contribution in [2.24, 2.45) is 5.92 Å². The highest BCUT2D eigenvalue weighted by atomic mass is 79.9. The third-order valence-electron chi connectivity index (χ3n) is 4.63. The van der Waals surface area contributed by atoms with Gasteiger partial charge in [-0.2, -0.15) is 5.26 Å². The molecule has 7 nitrogen and oxygen atoms in total. The summed E-state index contributed by atoms with van der Waals surface area (Å²) in [5, 5.41) is 12.1. The lowest BCUT2D eigenvalue weighted by Gasteiger charge is -2.20. The molecular formula is C20H22BrN5O2. The molecule has 1 aromatic carbocycles. The molecule has 8 heteroatoms. The van der Waals surface area contributed by atoms with Crippen molar-refractivity contribution in [1.82, 2.24) is 15.8 Å². The smallest absolute Gasteiger partial charge is 0.244 e. The number of hydrazine groups is 1. The molecule has 3 rings (SSSR count). The number of nitrogens with zero attached hydrogens (tertiary/aromatic N) is 2. The van der Waals surface area contributed by atoms with Gasteiger partial charge in [-0.15, -0.1) is 0 Å². The van der Waals surface area contributed by atoms with E-state index in [1.54, 1.807) is 36.5 Å². The van der Waals surface area contributed by atoms with Crippen LogP contribution in [0.1, 0.15) is 25.0 Å². The first-order valence-electron chi connectivity index (χ1n) is 9.00. The zero-order valence-electron chi connectivity index (χ0n) is 15.9. The van der Waals surface area contributed by atoms with Gasteiger partial charge in [-0.05, 0) is 48.7 Å². The first-order chi connectivity index (χ1) is 13.4. The molecule has 0 radical (unpaired) electrons. The molecule has 1 saturated heterocycles. The van der Waals surface area contributed by atoms with Crippen LogP contribution in [0.15, 0.2) is 36.5 Å². The largest absolute Gasteiger partial charge is 0.438 e. The van der Waals surface area contributed by atoms with Crippen molar-refractivity contribution in [2.45, 2.75) is 37.7 Å². The van der Waals surface area contributed by atoms with E-state index in [1.165, 1.54) is 0 Å². The Hall–Kier alpha value is -2.47. The molecule has 1 aliphatic heterocycles. The van der Waals surface area contributed by atoms with E-state index in [0.29, 0.717) is 22.9 Å². The highest BCUT2D eigenvalue weighted by molar-refractivity contribution is 9.09. The number of aryl methyl sites for hydroxylation is 1. The highest BCUT2D eigenvalue weighted by Gasteiger charge is 2.39. The third-order valence-corrected chi connectivity index (χ3v) is 5.73. The van der Waals surface area contributed by atoms with Gasteiger partial charge < -0.3 is 10.1 Å². The fourth-order valence-electron chi connectivity index (χ4n) is 3.02. The molecule has 2 heterocycles. The number of pyridine rings is 1. The van der Waals surface area contributed by atoms with Gasteiger partial charge in [0.2, 0.25) is 11.8 Å². The van der Waals surface area contributed by atoms with Crippen LogP contribution in [-0.2, 0) is 4.79 Å². The van der Waals surface area contributed by atoms with Gasteiger partial charge >= 0.3 is 0 Å². The summed E-state index contributed by atoms with van der Waals surface area (Å²) in [6.07, 6.45) is 1.57. The van der Waals surface area contributed by atoms with Gasteiger partial charge in [0.15, 0.2) is 0 Å². The maximum absolute atomic E-state index is 12.7. The Bertz CT molecular complexity index is 912. The van der Waals surface area contributed by atoms with E-state index in [-0.39, 0.29) is 28.7 Å². The molecule has 0 bridgehead atoms. The van der Waals surface area contributed by atoms with Gasteiger partial charge in [-0.25, -0.2) is 10.4 Å². The lowest BCUT2D eigenvalue weighted by atomic mass is 9.99. The number of amides is 1.